The molecular formula is C11H13F3N2O. The Labute approximate surface area is 96.8 Å². The molecule has 0 heterocycles. The summed E-state index contributed by atoms with van der Waals surface area (Å²) in [4.78, 5) is 11.3. The van der Waals surface area contributed by atoms with Crippen molar-refractivity contribution in [1.29, 1.82) is 0 Å². The van der Waals surface area contributed by atoms with Crippen LogP contribution in [0.5, 0.6) is 0 Å². The maximum absolute atomic E-state index is 13.1. The summed E-state index contributed by atoms with van der Waals surface area (Å²) in [6, 6.07) is 0.834. The quantitative estimate of drug-likeness (QED) is 0.800. The molecular weight excluding hydrogens is 233 g/mol. The van der Waals surface area contributed by atoms with Gasteiger partial charge < -0.3 is 11.1 Å². The van der Waals surface area contributed by atoms with E-state index < -0.39 is 23.4 Å². The van der Waals surface area contributed by atoms with Crippen LogP contribution in [0.15, 0.2) is 12.1 Å². The highest BCUT2D eigenvalue weighted by Gasteiger charge is 2.12. The molecule has 0 saturated carbocycles. The molecule has 0 bridgehead atoms. The summed E-state index contributed by atoms with van der Waals surface area (Å²) >= 11 is 0. The Morgan fingerprint density at radius 3 is 2.47 bits per heavy atom. The second-order valence-corrected chi connectivity index (χ2v) is 3.81. The molecule has 0 aliphatic heterocycles. The van der Waals surface area contributed by atoms with Crippen molar-refractivity contribution in [1.82, 2.24) is 0 Å². The van der Waals surface area contributed by atoms with Crippen molar-refractivity contribution in [3.63, 3.8) is 0 Å². The van der Waals surface area contributed by atoms with Crippen LogP contribution in [-0.4, -0.2) is 11.9 Å². The molecule has 6 heteroatoms. The molecule has 0 radical (unpaired) electrons. The van der Waals surface area contributed by atoms with Crippen molar-refractivity contribution in [2.75, 3.05) is 5.32 Å². The van der Waals surface area contributed by atoms with Crippen LogP contribution in [0.1, 0.15) is 19.8 Å². The summed E-state index contributed by atoms with van der Waals surface area (Å²) in [7, 11) is 0. The summed E-state index contributed by atoms with van der Waals surface area (Å²) in [5, 5.41) is 2.16. The summed E-state index contributed by atoms with van der Waals surface area (Å²) < 4.78 is 38.6. The number of nitrogens with two attached hydrogens (primary N) is 1. The number of benzene rings is 1. The van der Waals surface area contributed by atoms with Crippen LogP contribution in [0.2, 0.25) is 0 Å². The monoisotopic (exact) mass is 246 g/mol. The van der Waals surface area contributed by atoms with Gasteiger partial charge >= 0.3 is 0 Å². The van der Waals surface area contributed by atoms with E-state index in [4.69, 9.17) is 5.73 Å². The molecule has 1 rings (SSSR count). The number of hydrogen-bond acceptors (Lipinski definition) is 2. The summed E-state index contributed by atoms with van der Waals surface area (Å²) in [6.07, 6.45) is 0.521. The number of halogens is 3. The van der Waals surface area contributed by atoms with Crippen molar-refractivity contribution < 1.29 is 18.0 Å². The molecule has 1 amide bonds. The minimum Gasteiger partial charge on any atom is -0.328 e. The Balaban J connectivity index is 2.68. The maximum Gasteiger partial charge on any atom is 0.224 e. The van der Waals surface area contributed by atoms with Gasteiger partial charge in [-0.15, -0.1) is 0 Å². The van der Waals surface area contributed by atoms with Crippen molar-refractivity contribution in [3.05, 3.63) is 29.6 Å². The molecule has 1 aromatic rings. The van der Waals surface area contributed by atoms with Crippen LogP contribution >= 0.6 is 0 Å². The van der Waals surface area contributed by atoms with Crippen molar-refractivity contribution in [2.45, 2.75) is 25.8 Å². The van der Waals surface area contributed by atoms with Gasteiger partial charge in [-0.25, -0.2) is 13.2 Å². The van der Waals surface area contributed by atoms with Crippen molar-refractivity contribution >= 4 is 11.6 Å². The molecule has 0 aliphatic rings. The van der Waals surface area contributed by atoms with Crippen LogP contribution < -0.4 is 11.1 Å². The second kappa shape index (κ2) is 5.67. The van der Waals surface area contributed by atoms with Gasteiger partial charge in [0.05, 0.1) is 5.69 Å². The highest BCUT2D eigenvalue weighted by molar-refractivity contribution is 5.90. The highest BCUT2D eigenvalue weighted by Crippen LogP contribution is 2.18. The topological polar surface area (TPSA) is 55.1 Å². The number of carbonyl (C=O) groups is 1. The van der Waals surface area contributed by atoms with E-state index in [1.165, 1.54) is 0 Å². The Morgan fingerprint density at radius 1 is 1.29 bits per heavy atom. The van der Waals surface area contributed by atoms with Crippen molar-refractivity contribution in [2.24, 2.45) is 5.73 Å². The highest BCUT2D eigenvalue weighted by atomic mass is 19.2. The van der Waals surface area contributed by atoms with Gasteiger partial charge in [-0.2, -0.15) is 0 Å². The van der Waals surface area contributed by atoms with Crippen LogP contribution in [0.25, 0.3) is 0 Å². The van der Waals surface area contributed by atoms with E-state index in [1.807, 2.05) is 0 Å². The lowest BCUT2D eigenvalue weighted by atomic mass is 10.2. The largest absolute Gasteiger partial charge is 0.328 e. The number of nitrogens with one attached hydrogen (secondary N) is 1. The van der Waals surface area contributed by atoms with E-state index >= 15 is 0 Å². The molecule has 0 spiro atoms. The molecule has 1 atom stereocenters. The third-order valence-electron chi connectivity index (χ3n) is 2.11. The predicted octanol–water partition coefficient (Wildman–Crippen LogP) is 2.17. The van der Waals surface area contributed by atoms with Gasteiger partial charge in [0.25, 0.3) is 0 Å². The lowest BCUT2D eigenvalue weighted by molar-refractivity contribution is -0.116. The number of rotatable bonds is 4. The third-order valence-corrected chi connectivity index (χ3v) is 2.11. The molecule has 17 heavy (non-hydrogen) atoms. The average Bonchev–Trinajstić information content (AvgIpc) is 2.23. The van der Waals surface area contributed by atoms with E-state index in [0.29, 0.717) is 18.6 Å². The number of carbonyl (C=O) groups excluding carboxylic acids is 1. The predicted molar refractivity (Wildman–Crippen MR) is 57.8 cm³/mol. The van der Waals surface area contributed by atoms with E-state index in [9.17, 15) is 18.0 Å². The maximum atomic E-state index is 13.1. The molecule has 3 nitrogen and oxygen atoms in total. The van der Waals surface area contributed by atoms with E-state index in [0.717, 1.165) is 0 Å². The van der Waals surface area contributed by atoms with E-state index in [-0.39, 0.29) is 18.2 Å². The smallest absolute Gasteiger partial charge is 0.224 e. The fourth-order valence-corrected chi connectivity index (χ4v) is 1.19. The molecule has 1 aromatic carbocycles. The summed E-state index contributed by atoms with van der Waals surface area (Å²) in [6.45, 7) is 1.73. The van der Waals surface area contributed by atoms with Gasteiger partial charge in [0.1, 0.15) is 5.82 Å². The van der Waals surface area contributed by atoms with Gasteiger partial charge in [-0.1, -0.05) is 0 Å². The van der Waals surface area contributed by atoms with Gasteiger partial charge in [0, 0.05) is 24.6 Å². The standard InChI is InChI=1S/C11H13F3N2O/c1-6(15)2-3-11(17)16-10-5-8(13)7(12)4-9(10)14/h4-6H,2-3,15H2,1H3,(H,16,17). The lowest BCUT2D eigenvalue weighted by Gasteiger charge is -2.08. The first kappa shape index (κ1) is 13.5. The first-order valence-corrected chi connectivity index (χ1v) is 5.10. The molecule has 3 N–H and O–H groups in total. The van der Waals surface area contributed by atoms with Crippen LogP contribution in [0, 0.1) is 17.5 Å². The first-order valence-electron chi connectivity index (χ1n) is 5.10. The Hall–Kier alpha value is -1.56. The molecule has 0 saturated heterocycles. The zero-order chi connectivity index (χ0) is 13.0. The minimum atomic E-state index is -1.30. The number of anilines is 1. The second-order valence-electron chi connectivity index (χ2n) is 3.81. The third kappa shape index (κ3) is 4.07. The normalized spacial score (nSPS) is 12.3. The summed E-state index contributed by atoms with van der Waals surface area (Å²) in [5.74, 6) is -4.02. The molecule has 0 aromatic heterocycles. The van der Waals surface area contributed by atoms with Crippen LogP contribution in [0.4, 0.5) is 18.9 Å². The van der Waals surface area contributed by atoms with E-state index in [1.54, 1.807) is 6.92 Å². The fraction of sp³-hybridized carbons (Fsp3) is 0.364. The number of amides is 1. The zero-order valence-corrected chi connectivity index (χ0v) is 9.27. The Kier molecular flexibility index (Phi) is 4.51. The first-order chi connectivity index (χ1) is 7.90. The lowest BCUT2D eigenvalue weighted by Crippen LogP contribution is -2.20. The van der Waals surface area contributed by atoms with Crippen LogP contribution in [0.3, 0.4) is 0 Å². The molecule has 1 unspecified atom stereocenters. The Bertz CT molecular complexity index is 421. The SMILES string of the molecule is CC(N)CCC(=O)Nc1cc(F)c(F)cc1F. The minimum absolute atomic E-state index is 0.0934. The van der Waals surface area contributed by atoms with Crippen LogP contribution in [-0.2, 0) is 4.79 Å². The van der Waals surface area contributed by atoms with Gasteiger partial charge in [0.15, 0.2) is 11.6 Å². The van der Waals surface area contributed by atoms with Gasteiger partial charge in [-0.05, 0) is 13.3 Å². The Morgan fingerprint density at radius 2 is 1.88 bits per heavy atom. The zero-order valence-electron chi connectivity index (χ0n) is 9.27. The van der Waals surface area contributed by atoms with E-state index in [2.05, 4.69) is 5.32 Å². The van der Waals surface area contributed by atoms with Crippen molar-refractivity contribution in [3.8, 4) is 0 Å². The van der Waals surface area contributed by atoms with Gasteiger partial charge in [-0.3, -0.25) is 4.79 Å². The molecule has 0 aliphatic carbocycles. The van der Waals surface area contributed by atoms with Gasteiger partial charge in [0.2, 0.25) is 5.91 Å². The molecule has 0 fully saturated rings. The fourth-order valence-electron chi connectivity index (χ4n) is 1.19. The average molecular weight is 246 g/mol. The number of hydrogen-bond donors (Lipinski definition) is 2. The summed E-state index contributed by atoms with van der Waals surface area (Å²) in [5.41, 5.74) is 5.07. The molecule has 94 valence electrons.